The molecule has 0 aliphatic rings. The number of benzene rings is 1. The van der Waals surface area contributed by atoms with E-state index < -0.39 is 0 Å². The van der Waals surface area contributed by atoms with Crippen molar-refractivity contribution >= 4 is 39.9 Å². The van der Waals surface area contributed by atoms with E-state index in [9.17, 15) is 4.39 Å². The van der Waals surface area contributed by atoms with Gasteiger partial charge in [-0.1, -0.05) is 13.8 Å². The first-order valence-electron chi connectivity index (χ1n) is 6.96. The molecule has 0 spiro atoms. The third kappa shape index (κ3) is 4.52. The molecule has 112 valence electrons. The molecule has 1 aromatic heterocycles. The Balaban J connectivity index is 2.25. The molecule has 2 N–H and O–H groups in total. The molecule has 0 amide bonds. The van der Waals surface area contributed by atoms with Crippen LogP contribution < -0.4 is 10.6 Å². The molecule has 0 unspecified atom stereocenters. The van der Waals surface area contributed by atoms with Gasteiger partial charge in [-0.3, -0.25) is 0 Å². The fourth-order valence-corrected chi connectivity index (χ4v) is 2.40. The van der Waals surface area contributed by atoms with Crippen molar-refractivity contribution in [3.63, 3.8) is 0 Å². The molecule has 0 saturated heterocycles. The summed E-state index contributed by atoms with van der Waals surface area (Å²) in [5.41, 5.74) is 0.833. The molecule has 0 fully saturated rings. The zero-order valence-electron chi connectivity index (χ0n) is 12.1. The van der Waals surface area contributed by atoms with Crippen molar-refractivity contribution in [2.75, 3.05) is 17.2 Å². The van der Waals surface area contributed by atoms with Gasteiger partial charge in [0.15, 0.2) is 0 Å². The van der Waals surface area contributed by atoms with E-state index in [-0.39, 0.29) is 5.82 Å². The minimum Gasteiger partial charge on any atom is -0.370 e. The Labute approximate surface area is 137 Å². The maximum Gasteiger partial charge on any atom is 0.136 e. The summed E-state index contributed by atoms with van der Waals surface area (Å²) in [5, 5.41) is 6.49. The van der Waals surface area contributed by atoms with Crippen LogP contribution in [0.3, 0.4) is 0 Å². The molecular weight excluding hydrogens is 382 g/mol. The van der Waals surface area contributed by atoms with Gasteiger partial charge < -0.3 is 10.6 Å². The van der Waals surface area contributed by atoms with E-state index in [1.54, 1.807) is 6.07 Å². The molecule has 0 aliphatic carbocycles. The van der Waals surface area contributed by atoms with Crippen LogP contribution in [0.15, 0.2) is 24.3 Å². The first-order valence-corrected chi connectivity index (χ1v) is 8.04. The van der Waals surface area contributed by atoms with Gasteiger partial charge in [0.25, 0.3) is 0 Å². The van der Waals surface area contributed by atoms with Crippen LogP contribution >= 0.6 is 22.6 Å². The Bertz CT molecular complexity index is 619. The Kier molecular flexibility index (Phi) is 5.72. The standard InChI is InChI=1S/C15H18FIN4/c1-3-7-18-14-9-15(21-13(4-2)20-14)19-12-6-5-10(16)8-11(12)17/h5-6,8-9H,3-4,7H2,1-2H3,(H2,18,19,20,21). The molecule has 0 saturated carbocycles. The van der Waals surface area contributed by atoms with Gasteiger partial charge in [-0.05, 0) is 47.2 Å². The minimum absolute atomic E-state index is 0.243. The SMILES string of the molecule is CCCNc1cc(Nc2ccc(F)cc2I)nc(CC)n1. The Morgan fingerprint density at radius 1 is 1.14 bits per heavy atom. The third-order valence-corrected chi connectivity index (χ3v) is 3.73. The number of rotatable bonds is 6. The third-order valence-electron chi connectivity index (χ3n) is 2.84. The second-order valence-corrected chi connectivity index (χ2v) is 5.75. The van der Waals surface area contributed by atoms with Crippen molar-refractivity contribution in [2.45, 2.75) is 26.7 Å². The van der Waals surface area contributed by atoms with Gasteiger partial charge in [-0.2, -0.15) is 0 Å². The number of anilines is 3. The summed E-state index contributed by atoms with van der Waals surface area (Å²) < 4.78 is 14.0. The molecule has 0 atom stereocenters. The summed E-state index contributed by atoms with van der Waals surface area (Å²) in [7, 11) is 0. The van der Waals surface area contributed by atoms with E-state index in [1.807, 2.05) is 13.0 Å². The molecule has 4 nitrogen and oxygen atoms in total. The van der Waals surface area contributed by atoms with Crippen molar-refractivity contribution in [3.05, 3.63) is 39.5 Å². The van der Waals surface area contributed by atoms with Crippen LogP contribution in [-0.4, -0.2) is 16.5 Å². The van der Waals surface area contributed by atoms with Crippen molar-refractivity contribution in [1.82, 2.24) is 9.97 Å². The van der Waals surface area contributed by atoms with Crippen molar-refractivity contribution in [3.8, 4) is 0 Å². The number of hydrogen-bond acceptors (Lipinski definition) is 4. The predicted octanol–water partition coefficient (Wildman–Crippen LogP) is 4.35. The lowest BCUT2D eigenvalue weighted by Crippen LogP contribution is -2.07. The molecule has 0 bridgehead atoms. The molecule has 2 rings (SSSR count). The first-order chi connectivity index (χ1) is 10.1. The largest absolute Gasteiger partial charge is 0.370 e. The summed E-state index contributed by atoms with van der Waals surface area (Å²) in [6, 6.07) is 6.50. The van der Waals surface area contributed by atoms with Gasteiger partial charge >= 0.3 is 0 Å². The Hall–Kier alpha value is -1.44. The van der Waals surface area contributed by atoms with Crippen LogP contribution in [0.1, 0.15) is 26.1 Å². The summed E-state index contributed by atoms with van der Waals surface area (Å²) in [4.78, 5) is 8.90. The Morgan fingerprint density at radius 2 is 1.90 bits per heavy atom. The fraction of sp³-hybridized carbons (Fsp3) is 0.333. The second kappa shape index (κ2) is 7.53. The summed E-state index contributed by atoms with van der Waals surface area (Å²) >= 11 is 2.10. The molecule has 0 aliphatic heterocycles. The maximum absolute atomic E-state index is 13.1. The molecule has 0 radical (unpaired) electrons. The number of nitrogens with one attached hydrogen (secondary N) is 2. The second-order valence-electron chi connectivity index (χ2n) is 4.58. The van der Waals surface area contributed by atoms with Crippen molar-refractivity contribution in [2.24, 2.45) is 0 Å². The van der Waals surface area contributed by atoms with Gasteiger partial charge in [-0.25, -0.2) is 14.4 Å². The van der Waals surface area contributed by atoms with E-state index in [1.165, 1.54) is 12.1 Å². The molecule has 1 heterocycles. The highest BCUT2D eigenvalue weighted by Crippen LogP contribution is 2.23. The molecular formula is C15H18FIN4. The molecule has 1 aromatic carbocycles. The smallest absolute Gasteiger partial charge is 0.136 e. The number of nitrogens with zero attached hydrogens (tertiary/aromatic N) is 2. The fourth-order valence-electron chi connectivity index (χ4n) is 1.79. The lowest BCUT2D eigenvalue weighted by atomic mass is 10.3. The number of aryl methyl sites for hydroxylation is 1. The van der Waals surface area contributed by atoms with E-state index in [2.05, 4.69) is 50.1 Å². The van der Waals surface area contributed by atoms with E-state index in [4.69, 9.17) is 0 Å². The zero-order valence-corrected chi connectivity index (χ0v) is 14.2. The van der Waals surface area contributed by atoms with Crippen LogP contribution in [0, 0.1) is 9.39 Å². The summed E-state index contributed by atoms with van der Waals surface area (Å²) in [6.45, 7) is 4.99. The van der Waals surface area contributed by atoms with E-state index in [0.717, 1.165) is 40.3 Å². The van der Waals surface area contributed by atoms with Crippen LogP contribution in [0.25, 0.3) is 0 Å². The number of halogens is 2. The van der Waals surface area contributed by atoms with Gasteiger partial charge in [-0.15, -0.1) is 0 Å². The highest BCUT2D eigenvalue weighted by atomic mass is 127. The lowest BCUT2D eigenvalue weighted by Gasteiger charge is -2.11. The normalized spacial score (nSPS) is 10.5. The predicted molar refractivity (Wildman–Crippen MR) is 92.6 cm³/mol. The first kappa shape index (κ1) is 15.9. The highest BCUT2D eigenvalue weighted by molar-refractivity contribution is 14.1. The monoisotopic (exact) mass is 400 g/mol. The molecule has 21 heavy (non-hydrogen) atoms. The van der Waals surface area contributed by atoms with Crippen LogP contribution in [-0.2, 0) is 6.42 Å². The van der Waals surface area contributed by atoms with Crippen LogP contribution in [0.5, 0.6) is 0 Å². The van der Waals surface area contributed by atoms with Crippen LogP contribution in [0.4, 0.5) is 21.7 Å². The average molecular weight is 400 g/mol. The number of aromatic nitrogens is 2. The Morgan fingerprint density at radius 3 is 2.57 bits per heavy atom. The molecule has 2 aromatic rings. The van der Waals surface area contributed by atoms with Gasteiger partial charge in [0, 0.05) is 22.6 Å². The van der Waals surface area contributed by atoms with Crippen molar-refractivity contribution in [1.29, 1.82) is 0 Å². The molecule has 6 heteroatoms. The van der Waals surface area contributed by atoms with Gasteiger partial charge in [0.1, 0.15) is 23.3 Å². The topological polar surface area (TPSA) is 49.8 Å². The highest BCUT2D eigenvalue weighted by Gasteiger charge is 2.06. The maximum atomic E-state index is 13.1. The summed E-state index contributed by atoms with van der Waals surface area (Å²) in [6.07, 6.45) is 1.79. The minimum atomic E-state index is -0.243. The van der Waals surface area contributed by atoms with E-state index >= 15 is 0 Å². The van der Waals surface area contributed by atoms with E-state index in [0.29, 0.717) is 5.82 Å². The zero-order chi connectivity index (χ0) is 15.2. The number of hydrogen-bond donors (Lipinski definition) is 2. The van der Waals surface area contributed by atoms with Crippen molar-refractivity contribution < 1.29 is 4.39 Å². The van der Waals surface area contributed by atoms with Gasteiger partial charge in [0.2, 0.25) is 0 Å². The quantitative estimate of drug-likeness (QED) is 0.709. The summed E-state index contributed by atoms with van der Waals surface area (Å²) in [5.74, 6) is 2.05. The van der Waals surface area contributed by atoms with Gasteiger partial charge in [0.05, 0.1) is 5.69 Å². The lowest BCUT2D eigenvalue weighted by molar-refractivity contribution is 0.627. The average Bonchev–Trinajstić information content (AvgIpc) is 2.48. The van der Waals surface area contributed by atoms with Crippen LogP contribution in [0.2, 0.25) is 0 Å².